The molecule has 0 aromatic heterocycles. The van der Waals surface area contributed by atoms with Crippen LogP contribution >= 0.6 is 11.6 Å². The van der Waals surface area contributed by atoms with Crippen molar-refractivity contribution in [1.29, 1.82) is 0 Å². The quantitative estimate of drug-likeness (QED) is 0.818. The van der Waals surface area contributed by atoms with Crippen molar-refractivity contribution in [3.8, 4) is 0 Å². The van der Waals surface area contributed by atoms with Crippen LogP contribution < -0.4 is 5.32 Å². The Balaban J connectivity index is 1.98. The number of sulfonamides is 1. The van der Waals surface area contributed by atoms with Gasteiger partial charge in [-0.15, -0.1) is 0 Å². The summed E-state index contributed by atoms with van der Waals surface area (Å²) < 4.78 is 25.2. The van der Waals surface area contributed by atoms with Crippen LogP contribution in [0, 0.1) is 0 Å². The maximum atomic E-state index is 12.1. The Labute approximate surface area is 147 Å². The molecule has 0 atom stereocenters. The summed E-state index contributed by atoms with van der Waals surface area (Å²) in [5, 5.41) is 3.13. The fourth-order valence-electron chi connectivity index (χ4n) is 2.15. The topological polar surface area (TPSA) is 66.5 Å². The summed E-state index contributed by atoms with van der Waals surface area (Å²) in [5.41, 5.74) is 1.38. The Morgan fingerprint density at radius 2 is 1.71 bits per heavy atom. The highest BCUT2D eigenvalue weighted by Crippen LogP contribution is 2.20. The number of carbonyl (C=O) groups excluding carboxylic acids is 1. The third-order valence-corrected chi connectivity index (χ3v) is 4.99. The molecule has 0 heterocycles. The van der Waals surface area contributed by atoms with Crippen molar-refractivity contribution in [3.05, 3.63) is 65.2 Å². The molecule has 0 saturated carbocycles. The number of nitrogens with one attached hydrogen (secondary N) is 1. The van der Waals surface area contributed by atoms with Crippen molar-refractivity contribution in [2.24, 2.45) is 0 Å². The van der Waals surface area contributed by atoms with Crippen LogP contribution in [-0.2, 0) is 21.4 Å². The molecular weight excluding hydrogens is 348 g/mol. The van der Waals surface area contributed by atoms with Gasteiger partial charge in [-0.2, -0.15) is 4.31 Å². The molecule has 7 heteroatoms. The van der Waals surface area contributed by atoms with Crippen LogP contribution in [0.4, 0.5) is 5.69 Å². The first-order valence-electron chi connectivity index (χ1n) is 7.39. The van der Waals surface area contributed by atoms with Gasteiger partial charge in [-0.1, -0.05) is 54.1 Å². The average Bonchev–Trinajstić information content (AvgIpc) is 2.53. The van der Waals surface area contributed by atoms with Crippen LogP contribution in [0.2, 0.25) is 5.02 Å². The molecule has 1 amide bonds. The van der Waals surface area contributed by atoms with Gasteiger partial charge < -0.3 is 5.32 Å². The first-order valence-corrected chi connectivity index (χ1v) is 9.62. The highest BCUT2D eigenvalue weighted by Gasteiger charge is 2.18. The van der Waals surface area contributed by atoms with Crippen molar-refractivity contribution in [3.63, 3.8) is 0 Å². The molecule has 5 nitrogen and oxygen atoms in total. The molecule has 2 aromatic rings. The van der Waals surface area contributed by atoms with Crippen molar-refractivity contribution in [2.75, 3.05) is 18.1 Å². The van der Waals surface area contributed by atoms with Crippen LogP contribution in [0.3, 0.4) is 0 Å². The van der Waals surface area contributed by atoms with E-state index in [-0.39, 0.29) is 25.4 Å². The van der Waals surface area contributed by atoms with E-state index >= 15 is 0 Å². The first kappa shape index (κ1) is 18.4. The molecule has 128 valence electrons. The third kappa shape index (κ3) is 5.63. The molecule has 0 saturated heterocycles. The van der Waals surface area contributed by atoms with E-state index in [1.54, 1.807) is 24.3 Å². The summed E-state index contributed by atoms with van der Waals surface area (Å²) in [5.74, 6) is -0.287. The smallest absolute Gasteiger partial charge is 0.225 e. The zero-order valence-electron chi connectivity index (χ0n) is 13.3. The largest absolute Gasteiger partial charge is 0.325 e. The lowest BCUT2D eigenvalue weighted by molar-refractivity contribution is -0.116. The number of nitrogens with zero attached hydrogens (tertiary/aromatic N) is 1. The third-order valence-electron chi connectivity index (χ3n) is 3.41. The van der Waals surface area contributed by atoms with Gasteiger partial charge in [0, 0.05) is 19.5 Å². The second-order valence-corrected chi connectivity index (χ2v) is 7.75. The van der Waals surface area contributed by atoms with Crippen molar-refractivity contribution in [2.45, 2.75) is 13.0 Å². The molecule has 1 N–H and O–H groups in total. The summed E-state index contributed by atoms with van der Waals surface area (Å²) in [6, 6.07) is 16.2. The highest BCUT2D eigenvalue weighted by molar-refractivity contribution is 7.88. The van der Waals surface area contributed by atoms with E-state index < -0.39 is 10.0 Å². The van der Waals surface area contributed by atoms with E-state index in [2.05, 4.69) is 5.32 Å². The summed E-state index contributed by atoms with van der Waals surface area (Å²) in [7, 11) is -3.41. The standard InChI is InChI=1S/C17H19ClN2O3S/c1-24(22,23)20(13-14-7-3-2-4-8-14)12-11-17(21)19-16-10-6-5-9-15(16)18/h2-10H,11-13H2,1H3,(H,19,21). The van der Waals surface area contributed by atoms with Gasteiger partial charge in [0.1, 0.15) is 0 Å². The molecule has 0 aliphatic heterocycles. The monoisotopic (exact) mass is 366 g/mol. The van der Waals surface area contributed by atoms with Gasteiger partial charge in [0.05, 0.1) is 17.0 Å². The van der Waals surface area contributed by atoms with E-state index in [4.69, 9.17) is 11.6 Å². The molecular formula is C17H19ClN2O3S. The lowest BCUT2D eigenvalue weighted by Gasteiger charge is -2.20. The van der Waals surface area contributed by atoms with Crippen molar-refractivity contribution in [1.82, 2.24) is 4.31 Å². The minimum Gasteiger partial charge on any atom is -0.325 e. The van der Waals surface area contributed by atoms with Gasteiger partial charge in [-0.05, 0) is 17.7 Å². The van der Waals surface area contributed by atoms with E-state index in [1.165, 1.54) is 4.31 Å². The highest BCUT2D eigenvalue weighted by atomic mass is 35.5. The number of halogens is 1. The van der Waals surface area contributed by atoms with E-state index in [0.717, 1.165) is 11.8 Å². The lowest BCUT2D eigenvalue weighted by atomic mass is 10.2. The van der Waals surface area contributed by atoms with Crippen LogP contribution in [0.1, 0.15) is 12.0 Å². The van der Waals surface area contributed by atoms with Gasteiger partial charge in [0.2, 0.25) is 15.9 Å². The fourth-order valence-corrected chi connectivity index (χ4v) is 3.14. The molecule has 2 aromatic carbocycles. The molecule has 0 radical (unpaired) electrons. The van der Waals surface area contributed by atoms with Gasteiger partial charge in [0.25, 0.3) is 0 Å². The molecule has 0 fully saturated rings. The summed E-state index contributed by atoms with van der Waals surface area (Å²) in [6.07, 6.45) is 1.19. The van der Waals surface area contributed by atoms with Crippen molar-refractivity contribution < 1.29 is 13.2 Å². The first-order chi connectivity index (χ1) is 11.4. The lowest BCUT2D eigenvalue weighted by Crippen LogP contribution is -2.32. The second kappa shape index (κ2) is 8.28. The Morgan fingerprint density at radius 1 is 1.08 bits per heavy atom. The molecule has 0 aliphatic carbocycles. The Bertz CT molecular complexity index is 794. The zero-order chi connectivity index (χ0) is 17.6. The zero-order valence-corrected chi connectivity index (χ0v) is 14.8. The number of amides is 1. The Hall–Kier alpha value is -1.89. The number of rotatable bonds is 7. The number of para-hydroxylation sites is 1. The van der Waals surface area contributed by atoms with Gasteiger partial charge in [-0.3, -0.25) is 4.79 Å². The Kier molecular flexibility index (Phi) is 6.36. The van der Waals surface area contributed by atoms with E-state index in [9.17, 15) is 13.2 Å². The summed E-state index contributed by atoms with van der Waals surface area (Å²) in [6.45, 7) is 0.336. The molecule has 0 unspecified atom stereocenters. The molecule has 0 bridgehead atoms. The number of hydrogen-bond acceptors (Lipinski definition) is 3. The predicted molar refractivity (Wildman–Crippen MR) is 96.4 cm³/mol. The van der Waals surface area contributed by atoms with Gasteiger partial charge in [-0.25, -0.2) is 8.42 Å². The van der Waals surface area contributed by atoms with Crippen LogP contribution in [0.5, 0.6) is 0 Å². The average molecular weight is 367 g/mol. The maximum Gasteiger partial charge on any atom is 0.225 e. The summed E-state index contributed by atoms with van der Waals surface area (Å²) in [4.78, 5) is 12.1. The Morgan fingerprint density at radius 3 is 2.33 bits per heavy atom. The van der Waals surface area contributed by atoms with E-state index in [0.29, 0.717) is 10.7 Å². The number of carbonyl (C=O) groups is 1. The molecule has 2 rings (SSSR count). The van der Waals surface area contributed by atoms with Crippen molar-refractivity contribution >= 4 is 33.2 Å². The SMILES string of the molecule is CS(=O)(=O)N(CCC(=O)Nc1ccccc1Cl)Cc1ccccc1. The van der Waals surface area contributed by atoms with Gasteiger partial charge >= 0.3 is 0 Å². The maximum absolute atomic E-state index is 12.1. The molecule has 0 spiro atoms. The number of anilines is 1. The molecule has 0 aliphatic rings. The van der Waals surface area contributed by atoms with E-state index in [1.807, 2.05) is 30.3 Å². The summed E-state index contributed by atoms with van der Waals surface area (Å²) >= 11 is 5.99. The number of benzene rings is 2. The fraction of sp³-hybridized carbons (Fsp3) is 0.235. The minimum absolute atomic E-state index is 0.0468. The normalized spacial score (nSPS) is 11.5. The molecule has 24 heavy (non-hydrogen) atoms. The van der Waals surface area contributed by atoms with Crippen LogP contribution in [0.15, 0.2) is 54.6 Å². The second-order valence-electron chi connectivity index (χ2n) is 5.36. The predicted octanol–water partition coefficient (Wildman–Crippen LogP) is 3.13. The van der Waals surface area contributed by atoms with Crippen LogP contribution in [-0.4, -0.2) is 31.4 Å². The van der Waals surface area contributed by atoms with Gasteiger partial charge in [0.15, 0.2) is 0 Å². The minimum atomic E-state index is -3.41. The number of hydrogen-bond donors (Lipinski definition) is 1. The van der Waals surface area contributed by atoms with Crippen LogP contribution in [0.25, 0.3) is 0 Å².